The molecule has 0 atom stereocenters. The largest absolute Gasteiger partial charge is 0.426 e. The highest BCUT2D eigenvalue weighted by Gasteiger charge is 2.41. The second kappa shape index (κ2) is 8.34. The van der Waals surface area contributed by atoms with Crippen molar-refractivity contribution in [2.75, 3.05) is 11.4 Å². The van der Waals surface area contributed by atoms with Crippen LogP contribution >= 0.6 is 0 Å². The van der Waals surface area contributed by atoms with Gasteiger partial charge in [-0.1, -0.05) is 57.9 Å². The molecule has 0 unspecified atom stereocenters. The highest BCUT2D eigenvalue weighted by atomic mass is 16.5. The van der Waals surface area contributed by atoms with Gasteiger partial charge in [0, 0.05) is 30.3 Å². The van der Waals surface area contributed by atoms with E-state index in [0.717, 1.165) is 55.0 Å². The van der Waals surface area contributed by atoms with Gasteiger partial charge in [-0.3, -0.25) is 9.59 Å². The van der Waals surface area contributed by atoms with Gasteiger partial charge in [-0.15, -0.1) is 0 Å². The van der Waals surface area contributed by atoms with Crippen molar-refractivity contribution in [3.05, 3.63) is 35.9 Å². The predicted octanol–water partition coefficient (Wildman–Crippen LogP) is 5.65. The molecule has 0 fully saturated rings. The molecule has 1 aliphatic heterocycles. The molecular weight excluding hydrogens is 350 g/mol. The number of fused-ring (bicyclic) bond motifs is 3. The Morgan fingerprint density at radius 3 is 2.29 bits per heavy atom. The van der Waals surface area contributed by atoms with Crippen molar-refractivity contribution in [1.29, 1.82) is 0 Å². The molecule has 1 amide bonds. The number of hydrogen-bond donors (Lipinski definition) is 0. The Labute approximate surface area is 167 Å². The number of benzene rings is 2. The third kappa shape index (κ3) is 3.52. The third-order valence-electron chi connectivity index (χ3n) is 6.06. The van der Waals surface area contributed by atoms with Crippen molar-refractivity contribution in [2.45, 2.75) is 66.2 Å². The minimum Gasteiger partial charge on any atom is -0.426 e. The van der Waals surface area contributed by atoms with Crippen LogP contribution in [0.4, 0.5) is 5.69 Å². The number of esters is 1. The van der Waals surface area contributed by atoms with Crippen molar-refractivity contribution in [2.24, 2.45) is 5.41 Å². The van der Waals surface area contributed by atoms with E-state index in [1.165, 1.54) is 12.5 Å². The second-order valence-electron chi connectivity index (χ2n) is 7.85. The fourth-order valence-electron chi connectivity index (χ4n) is 4.77. The summed E-state index contributed by atoms with van der Waals surface area (Å²) in [4.78, 5) is 27.3. The number of hydrogen-bond acceptors (Lipinski definition) is 3. The Morgan fingerprint density at radius 1 is 1.07 bits per heavy atom. The van der Waals surface area contributed by atoms with E-state index in [4.69, 9.17) is 4.74 Å². The number of amides is 1. The smallest absolute Gasteiger partial charge is 0.308 e. The molecule has 0 N–H and O–H groups in total. The predicted molar refractivity (Wildman–Crippen MR) is 114 cm³/mol. The minimum absolute atomic E-state index is 0.224. The first kappa shape index (κ1) is 20.4. The number of carbonyl (C=O) groups excluding carboxylic acids is 2. The number of anilines is 1. The molecule has 28 heavy (non-hydrogen) atoms. The monoisotopic (exact) mass is 381 g/mol. The lowest BCUT2D eigenvalue weighted by Crippen LogP contribution is -2.43. The molecule has 0 bridgehead atoms. The number of nitrogens with zero attached hydrogens (tertiary/aromatic N) is 1. The quantitative estimate of drug-likeness (QED) is 0.460. The molecule has 0 spiro atoms. The standard InChI is InChI=1S/C24H31NO3/c1-5-13-24(7-3,14-6-2)23(27)25-15-12-19-18-10-8-9-11-20(18)22(16-21(19)25)28-17(4)26/h8-11,16H,5-7,12-15H2,1-4H3. The molecule has 0 saturated heterocycles. The van der Waals surface area contributed by atoms with Crippen molar-refractivity contribution in [3.63, 3.8) is 0 Å². The molecule has 0 aliphatic carbocycles. The van der Waals surface area contributed by atoms with Crippen LogP contribution in [0.3, 0.4) is 0 Å². The van der Waals surface area contributed by atoms with E-state index in [0.29, 0.717) is 12.3 Å². The van der Waals surface area contributed by atoms with Gasteiger partial charge in [0.1, 0.15) is 5.75 Å². The maximum Gasteiger partial charge on any atom is 0.308 e. The lowest BCUT2D eigenvalue weighted by Gasteiger charge is -2.35. The van der Waals surface area contributed by atoms with Crippen LogP contribution < -0.4 is 9.64 Å². The zero-order valence-electron chi connectivity index (χ0n) is 17.5. The highest BCUT2D eigenvalue weighted by molar-refractivity contribution is 6.05. The fraction of sp³-hybridized carbons (Fsp3) is 0.500. The Kier molecular flexibility index (Phi) is 6.07. The van der Waals surface area contributed by atoms with E-state index >= 15 is 0 Å². The van der Waals surface area contributed by atoms with Crippen LogP contribution in [0.25, 0.3) is 10.8 Å². The highest BCUT2D eigenvalue weighted by Crippen LogP contribution is 2.44. The average molecular weight is 382 g/mol. The van der Waals surface area contributed by atoms with Crippen molar-refractivity contribution in [3.8, 4) is 5.75 Å². The van der Waals surface area contributed by atoms with Crippen molar-refractivity contribution >= 4 is 28.3 Å². The third-order valence-corrected chi connectivity index (χ3v) is 6.06. The fourth-order valence-corrected chi connectivity index (χ4v) is 4.77. The summed E-state index contributed by atoms with van der Waals surface area (Å²) in [5, 5.41) is 1.99. The summed E-state index contributed by atoms with van der Waals surface area (Å²) < 4.78 is 5.51. The first-order valence-corrected chi connectivity index (χ1v) is 10.5. The van der Waals surface area contributed by atoms with E-state index in [-0.39, 0.29) is 17.3 Å². The van der Waals surface area contributed by atoms with Gasteiger partial charge >= 0.3 is 5.97 Å². The molecule has 0 aromatic heterocycles. The molecule has 1 aliphatic rings. The van der Waals surface area contributed by atoms with Crippen LogP contribution in [0.2, 0.25) is 0 Å². The van der Waals surface area contributed by atoms with Crippen molar-refractivity contribution < 1.29 is 14.3 Å². The second-order valence-corrected chi connectivity index (χ2v) is 7.85. The summed E-state index contributed by atoms with van der Waals surface area (Å²) >= 11 is 0. The zero-order chi connectivity index (χ0) is 20.3. The van der Waals surface area contributed by atoms with Gasteiger partial charge in [-0.05, 0) is 36.6 Å². The molecular formula is C24H31NO3. The number of ether oxygens (including phenoxy) is 1. The lowest BCUT2D eigenvalue weighted by molar-refractivity contribution is -0.131. The van der Waals surface area contributed by atoms with Gasteiger partial charge in [-0.2, -0.15) is 0 Å². The number of carbonyl (C=O) groups is 2. The summed E-state index contributed by atoms with van der Waals surface area (Å²) in [5.41, 5.74) is 1.78. The Morgan fingerprint density at radius 2 is 1.71 bits per heavy atom. The summed E-state index contributed by atoms with van der Waals surface area (Å²) in [6.45, 7) is 8.53. The minimum atomic E-state index is -0.346. The SMILES string of the molecule is CCCC(CC)(CCC)C(=O)N1CCc2c1cc(OC(C)=O)c1ccccc21. The molecule has 4 nitrogen and oxygen atoms in total. The molecule has 2 aromatic carbocycles. The topological polar surface area (TPSA) is 46.6 Å². The summed E-state index contributed by atoms with van der Waals surface area (Å²) in [5.74, 6) is 0.414. The van der Waals surface area contributed by atoms with Gasteiger partial charge in [0.25, 0.3) is 0 Å². The Bertz CT molecular complexity index is 881. The zero-order valence-corrected chi connectivity index (χ0v) is 17.5. The van der Waals surface area contributed by atoms with Crippen LogP contribution in [0.5, 0.6) is 5.75 Å². The van der Waals surface area contributed by atoms with E-state index in [9.17, 15) is 9.59 Å². The summed E-state index contributed by atoms with van der Waals surface area (Å²) in [6, 6.07) is 9.87. The summed E-state index contributed by atoms with van der Waals surface area (Å²) in [7, 11) is 0. The van der Waals surface area contributed by atoms with E-state index in [2.05, 4.69) is 26.8 Å². The van der Waals surface area contributed by atoms with Crippen LogP contribution in [-0.2, 0) is 16.0 Å². The normalized spacial score (nSPS) is 13.6. The average Bonchev–Trinajstić information content (AvgIpc) is 3.10. The van der Waals surface area contributed by atoms with Crippen LogP contribution in [0.15, 0.2) is 30.3 Å². The first-order chi connectivity index (χ1) is 13.5. The molecule has 2 aromatic rings. The van der Waals surface area contributed by atoms with Crippen molar-refractivity contribution in [1.82, 2.24) is 0 Å². The maximum absolute atomic E-state index is 13.7. The lowest BCUT2D eigenvalue weighted by atomic mass is 9.75. The van der Waals surface area contributed by atoms with E-state index in [1.807, 2.05) is 29.2 Å². The maximum atomic E-state index is 13.7. The van der Waals surface area contributed by atoms with E-state index < -0.39 is 0 Å². The summed E-state index contributed by atoms with van der Waals surface area (Å²) in [6.07, 6.45) is 5.50. The van der Waals surface area contributed by atoms with Crippen LogP contribution in [0, 0.1) is 5.41 Å². The number of rotatable bonds is 7. The first-order valence-electron chi connectivity index (χ1n) is 10.5. The van der Waals surface area contributed by atoms with Gasteiger partial charge in [-0.25, -0.2) is 0 Å². The molecule has 1 heterocycles. The molecule has 4 heteroatoms. The van der Waals surface area contributed by atoms with Gasteiger partial charge in [0.2, 0.25) is 5.91 Å². The van der Waals surface area contributed by atoms with Gasteiger partial charge < -0.3 is 9.64 Å². The van der Waals surface area contributed by atoms with Gasteiger partial charge in [0.15, 0.2) is 0 Å². The van der Waals surface area contributed by atoms with Crippen LogP contribution in [0.1, 0.15) is 65.4 Å². The molecule has 0 saturated carbocycles. The molecule has 0 radical (unpaired) electrons. The molecule has 3 rings (SSSR count). The van der Waals surface area contributed by atoms with E-state index in [1.54, 1.807) is 0 Å². The Hall–Kier alpha value is -2.36. The van der Waals surface area contributed by atoms with Crippen LogP contribution in [-0.4, -0.2) is 18.4 Å². The molecule has 150 valence electrons. The Balaban J connectivity index is 2.11. The van der Waals surface area contributed by atoms with Gasteiger partial charge in [0.05, 0.1) is 5.69 Å².